The Morgan fingerprint density at radius 2 is 1.86 bits per heavy atom. The van der Waals surface area contributed by atoms with Crippen molar-refractivity contribution in [3.63, 3.8) is 0 Å². The monoisotopic (exact) mass is 356 g/mol. The van der Waals surface area contributed by atoms with E-state index < -0.39 is 37.2 Å². The lowest BCUT2D eigenvalue weighted by atomic mass is 10.0. The van der Waals surface area contributed by atoms with Gasteiger partial charge in [-0.15, -0.1) is 0 Å². The predicted octanol–water partition coefficient (Wildman–Crippen LogP) is 2.91. The van der Waals surface area contributed by atoms with Crippen molar-refractivity contribution in [2.45, 2.75) is 42.3 Å². The Kier molecular flexibility index (Phi) is 4.77. The molecule has 1 aliphatic carbocycles. The lowest BCUT2D eigenvalue weighted by Gasteiger charge is -2.29. The zero-order chi connectivity index (χ0) is 16.6. The zero-order valence-electron chi connectivity index (χ0n) is 11.6. The van der Waals surface area contributed by atoms with Gasteiger partial charge in [0.15, 0.2) is 0 Å². The van der Waals surface area contributed by atoms with E-state index in [0.29, 0.717) is 18.9 Å². The second-order valence-corrected chi connectivity index (χ2v) is 7.44. The molecule has 22 heavy (non-hydrogen) atoms. The first-order valence-electron chi connectivity index (χ1n) is 6.71. The molecular formula is C13H16ClF3N2O2S. The summed E-state index contributed by atoms with van der Waals surface area (Å²) in [5.41, 5.74) is 3.45. The molecule has 0 heterocycles. The summed E-state index contributed by atoms with van der Waals surface area (Å²) >= 11 is 5.74. The minimum Gasteiger partial charge on any atom is -0.329 e. The van der Waals surface area contributed by atoms with E-state index in [4.69, 9.17) is 17.3 Å². The number of sulfonamides is 1. The lowest BCUT2D eigenvalue weighted by molar-refractivity contribution is -0.139. The van der Waals surface area contributed by atoms with Crippen molar-refractivity contribution in [1.29, 1.82) is 0 Å². The molecule has 1 fully saturated rings. The van der Waals surface area contributed by atoms with Crippen molar-refractivity contribution in [3.05, 3.63) is 28.8 Å². The maximum Gasteiger partial charge on any atom is 0.417 e. The maximum atomic E-state index is 13.1. The standard InChI is InChI=1S/C13H16ClF3N2O2S/c14-10-5-3-4-9(13(15,16)17)11(10)22(20,21)19-12(8-18)6-1-2-7-12/h3-5,19H,1-2,6-8,18H2. The van der Waals surface area contributed by atoms with E-state index in [0.717, 1.165) is 25.0 Å². The molecule has 3 N–H and O–H groups in total. The zero-order valence-corrected chi connectivity index (χ0v) is 13.2. The van der Waals surface area contributed by atoms with Crippen LogP contribution in [0.1, 0.15) is 31.2 Å². The van der Waals surface area contributed by atoms with Crippen LogP contribution in [-0.2, 0) is 16.2 Å². The number of alkyl halides is 3. The molecule has 0 amide bonds. The number of rotatable bonds is 4. The van der Waals surface area contributed by atoms with Gasteiger partial charge < -0.3 is 5.73 Å². The molecule has 4 nitrogen and oxygen atoms in total. The number of hydrogen-bond acceptors (Lipinski definition) is 3. The van der Waals surface area contributed by atoms with Gasteiger partial charge in [-0.2, -0.15) is 13.2 Å². The Balaban J connectivity index is 2.50. The summed E-state index contributed by atoms with van der Waals surface area (Å²) in [7, 11) is -4.44. The van der Waals surface area contributed by atoms with Crippen LogP contribution >= 0.6 is 11.6 Å². The summed E-state index contributed by atoms with van der Waals surface area (Å²) in [5, 5.41) is -0.465. The quantitative estimate of drug-likeness (QED) is 0.871. The van der Waals surface area contributed by atoms with Crippen LogP contribution in [0.2, 0.25) is 5.02 Å². The van der Waals surface area contributed by atoms with Crippen molar-refractivity contribution in [3.8, 4) is 0 Å². The molecule has 0 bridgehead atoms. The highest BCUT2D eigenvalue weighted by Crippen LogP contribution is 2.39. The van der Waals surface area contributed by atoms with Gasteiger partial charge in [-0.3, -0.25) is 0 Å². The SMILES string of the molecule is NCC1(NS(=O)(=O)c2c(Cl)cccc2C(F)(F)F)CCCC1. The molecule has 1 aromatic rings. The average Bonchev–Trinajstić information content (AvgIpc) is 2.85. The van der Waals surface area contributed by atoms with Crippen LogP contribution in [0.4, 0.5) is 13.2 Å². The third-order valence-corrected chi connectivity index (χ3v) is 5.95. The Morgan fingerprint density at radius 1 is 1.27 bits per heavy atom. The normalized spacial score (nSPS) is 18.6. The highest BCUT2D eigenvalue weighted by molar-refractivity contribution is 7.89. The second kappa shape index (κ2) is 5.99. The summed E-state index contributed by atoms with van der Waals surface area (Å²) in [6.07, 6.45) is -2.29. The topological polar surface area (TPSA) is 72.2 Å². The van der Waals surface area contributed by atoms with Crippen LogP contribution in [0.25, 0.3) is 0 Å². The Morgan fingerprint density at radius 3 is 2.36 bits per heavy atom. The Hall–Kier alpha value is -0.830. The van der Waals surface area contributed by atoms with E-state index in [1.165, 1.54) is 0 Å². The van der Waals surface area contributed by atoms with Gasteiger partial charge in [0.2, 0.25) is 10.0 Å². The van der Waals surface area contributed by atoms with E-state index in [-0.39, 0.29) is 6.54 Å². The lowest BCUT2D eigenvalue weighted by Crippen LogP contribution is -2.51. The summed E-state index contributed by atoms with van der Waals surface area (Å²) in [6.45, 7) is 0.0258. The molecule has 0 unspecified atom stereocenters. The van der Waals surface area contributed by atoms with Crippen molar-refractivity contribution < 1.29 is 21.6 Å². The molecule has 0 aliphatic heterocycles. The number of benzene rings is 1. The van der Waals surface area contributed by atoms with Crippen molar-refractivity contribution in [2.24, 2.45) is 5.73 Å². The molecule has 124 valence electrons. The van der Waals surface area contributed by atoms with Gasteiger partial charge in [0.1, 0.15) is 4.90 Å². The van der Waals surface area contributed by atoms with Crippen LogP contribution < -0.4 is 10.5 Å². The number of nitrogens with one attached hydrogen (secondary N) is 1. The highest BCUT2D eigenvalue weighted by Gasteiger charge is 2.42. The van der Waals surface area contributed by atoms with Gasteiger partial charge in [-0.25, -0.2) is 13.1 Å². The molecule has 9 heteroatoms. The summed E-state index contributed by atoms with van der Waals surface area (Å²) < 4.78 is 66.6. The van der Waals surface area contributed by atoms with Crippen molar-refractivity contribution >= 4 is 21.6 Å². The number of hydrogen-bond donors (Lipinski definition) is 2. The van der Waals surface area contributed by atoms with Gasteiger partial charge in [0.05, 0.1) is 10.6 Å². The fraction of sp³-hybridized carbons (Fsp3) is 0.538. The first-order chi connectivity index (χ1) is 10.1. The molecule has 1 aromatic carbocycles. The number of nitrogens with two attached hydrogens (primary N) is 1. The van der Waals surface area contributed by atoms with Crippen LogP contribution in [0.3, 0.4) is 0 Å². The second-order valence-electron chi connectivity index (χ2n) is 5.41. The Bertz CT molecular complexity index is 656. The van der Waals surface area contributed by atoms with Gasteiger partial charge >= 0.3 is 6.18 Å². The van der Waals surface area contributed by atoms with Gasteiger partial charge in [-0.1, -0.05) is 30.5 Å². The highest BCUT2D eigenvalue weighted by atomic mass is 35.5. The molecule has 0 radical (unpaired) electrons. The Labute approximate surface area is 131 Å². The molecular weight excluding hydrogens is 341 g/mol. The predicted molar refractivity (Wildman–Crippen MR) is 77.0 cm³/mol. The van der Waals surface area contributed by atoms with Crippen LogP contribution in [0.5, 0.6) is 0 Å². The minimum absolute atomic E-state index is 0.0258. The molecule has 0 spiro atoms. The van der Waals surface area contributed by atoms with Crippen molar-refractivity contribution in [2.75, 3.05) is 6.54 Å². The first-order valence-corrected chi connectivity index (χ1v) is 8.57. The molecule has 2 rings (SSSR count). The minimum atomic E-state index is -4.82. The van der Waals surface area contributed by atoms with Crippen LogP contribution in [0, 0.1) is 0 Å². The van der Waals surface area contributed by atoms with E-state index in [2.05, 4.69) is 4.72 Å². The van der Waals surface area contributed by atoms with Crippen LogP contribution in [0.15, 0.2) is 23.1 Å². The van der Waals surface area contributed by atoms with Gasteiger partial charge in [0.25, 0.3) is 0 Å². The molecule has 0 atom stereocenters. The first kappa shape index (κ1) is 17.5. The third-order valence-electron chi connectivity index (χ3n) is 3.84. The summed E-state index contributed by atoms with van der Waals surface area (Å²) in [6, 6.07) is 2.89. The third kappa shape index (κ3) is 3.40. The van der Waals surface area contributed by atoms with Gasteiger partial charge in [0, 0.05) is 12.1 Å². The fourth-order valence-corrected chi connectivity index (χ4v) is 4.98. The molecule has 0 aromatic heterocycles. The van der Waals surface area contributed by atoms with E-state index >= 15 is 0 Å². The van der Waals surface area contributed by atoms with E-state index in [1.54, 1.807) is 0 Å². The van der Waals surface area contributed by atoms with E-state index in [1.807, 2.05) is 0 Å². The van der Waals surface area contributed by atoms with Gasteiger partial charge in [-0.05, 0) is 25.0 Å². The van der Waals surface area contributed by atoms with Crippen LogP contribution in [-0.4, -0.2) is 20.5 Å². The van der Waals surface area contributed by atoms with E-state index in [9.17, 15) is 21.6 Å². The fourth-order valence-electron chi connectivity index (χ4n) is 2.74. The largest absolute Gasteiger partial charge is 0.417 e. The van der Waals surface area contributed by atoms with Crippen molar-refractivity contribution in [1.82, 2.24) is 4.72 Å². The molecule has 1 aliphatic rings. The number of halogens is 4. The average molecular weight is 357 g/mol. The maximum absolute atomic E-state index is 13.1. The molecule has 1 saturated carbocycles. The smallest absolute Gasteiger partial charge is 0.329 e. The summed E-state index contributed by atoms with van der Waals surface area (Å²) in [5.74, 6) is 0. The summed E-state index contributed by atoms with van der Waals surface area (Å²) in [4.78, 5) is -0.941. The molecule has 0 saturated heterocycles.